The molecule has 1 aliphatic rings. The molecular formula is C19H18BrNO5. The van der Waals surface area contributed by atoms with Gasteiger partial charge in [0.1, 0.15) is 19.0 Å². The van der Waals surface area contributed by atoms with Crippen LogP contribution in [0.3, 0.4) is 0 Å². The average Bonchev–Trinajstić information content (AvgIpc) is 2.66. The van der Waals surface area contributed by atoms with Crippen molar-refractivity contribution in [1.82, 2.24) is 5.32 Å². The molecule has 1 amide bonds. The fraction of sp³-hybridized carbons (Fsp3) is 0.263. The van der Waals surface area contributed by atoms with Crippen molar-refractivity contribution in [1.29, 1.82) is 0 Å². The summed E-state index contributed by atoms with van der Waals surface area (Å²) in [6.45, 7) is 1.43. The highest BCUT2D eigenvalue weighted by Crippen LogP contribution is 2.30. The second-order valence-corrected chi connectivity index (χ2v) is 6.58. The van der Waals surface area contributed by atoms with E-state index in [9.17, 15) is 9.59 Å². The largest absolute Gasteiger partial charge is 0.486 e. The number of carbonyl (C=O) groups is 2. The first-order valence-corrected chi connectivity index (χ1v) is 8.98. The number of fused-ring (bicyclic) bond motifs is 1. The van der Waals surface area contributed by atoms with Crippen LogP contribution in [-0.2, 0) is 11.2 Å². The van der Waals surface area contributed by atoms with Crippen molar-refractivity contribution < 1.29 is 23.8 Å². The number of carbonyl (C=O) groups excluding carboxylic acids is 2. The Bertz CT molecular complexity index is 809. The van der Waals surface area contributed by atoms with Crippen LogP contribution in [0.25, 0.3) is 0 Å². The zero-order chi connectivity index (χ0) is 18.4. The van der Waals surface area contributed by atoms with Crippen LogP contribution >= 0.6 is 15.9 Å². The molecule has 0 unspecified atom stereocenters. The van der Waals surface area contributed by atoms with Crippen LogP contribution in [-0.4, -0.2) is 38.6 Å². The molecule has 1 heterocycles. The van der Waals surface area contributed by atoms with Crippen molar-refractivity contribution in [2.75, 3.05) is 26.4 Å². The molecule has 3 rings (SSSR count). The van der Waals surface area contributed by atoms with Gasteiger partial charge < -0.3 is 19.5 Å². The Balaban J connectivity index is 1.45. The van der Waals surface area contributed by atoms with E-state index < -0.39 is 0 Å². The molecule has 0 spiro atoms. The fourth-order valence-electron chi connectivity index (χ4n) is 2.53. The number of halogens is 1. The van der Waals surface area contributed by atoms with Gasteiger partial charge in [-0.3, -0.25) is 9.59 Å². The van der Waals surface area contributed by atoms with Crippen molar-refractivity contribution >= 4 is 28.1 Å². The molecule has 0 fully saturated rings. The lowest BCUT2D eigenvalue weighted by molar-refractivity contribution is -0.123. The zero-order valence-electron chi connectivity index (χ0n) is 14.0. The third kappa shape index (κ3) is 4.76. The van der Waals surface area contributed by atoms with Crippen LogP contribution in [0, 0.1) is 0 Å². The van der Waals surface area contributed by atoms with E-state index in [1.165, 1.54) is 0 Å². The van der Waals surface area contributed by atoms with Gasteiger partial charge in [0.2, 0.25) is 0 Å². The van der Waals surface area contributed by atoms with Crippen molar-refractivity contribution in [2.24, 2.45) is 0 Å². The lowest BCUT2D eigenvalue weighted by Gasteiger charge is -2.18. The number of rotatable bonds is 7. The van der Waals surface area contributed by atoms with Gasteiger partial charge in [-0.15, -0.1) is 0 Å². The maximum Gasteiger partial charge on any atom is 0.257 e. The minimum atomic E-state index is -0.248. The van der Waals surface area contributed by atoms with Crippen molar-refractivity contribution in [3.63, 3.8) is 0 Å². The number of hydrogen-bond donors (Lipinski definition) is 1. The molecule has 0 aromatic heterocycles. The molecule has 0 atom stereocenters. The average molecular weight is 420 g/mol. The summed E-state index contributed by atoms with van der Waals surface area (Å²) in [5, 5.41) is 2.80. The van der Waals surface area contributed by atoms with E-state index in [-0.39, 0.29) is 12.5 Å². The van der Waals surface area contributed by atoms with Crippen LogP contribution in [0.2, 0.25) is 0 Å². The lowest BCUT2D eigenvalue weighted by Crippen LogP contribution is -2.30. The summed E-state index contributed by atoms with van der Waals surface area (Å²) in [5.74, 6) is 1.62. The maximum atomic E-state index is 11.9. The number of ether oxygens (including phenoxy) is 3. The first kappa shape index (κ1) is 18.3. The first-order valence-electron chi connectivity index (χ1n) is 8.18. The molecule has 1 N–H and O–H groups in total. The summed E-state index contributed by atoms with van der Waals surface area (Å²) in [6, 6.07) is 10.8. The van der Waals surface area contributed by atoms with E-state index in [2.05, 4.69) is 21.2 Å². The summed E-state index contributed by atoms with van der Waals surface area (Å²) in [6.07, 6.45) is 1.36. The Morgan fingerprint density at radius 2 is 1.96 bits per heavy atom. The molecule has 1 aliphatic heterocycles. The van der Waals surface area contributed by atoms with Gasteiger partial charge in [-0.2, -0.15) is 0 Å². The maximum absolute atomic E-state index is 11.9. The molecule has 26 heavy (non-hydrogen) atoms. The predicted octanol–water partition coefficient (Wildman–Crippen LogP) is 2.77. The van der Waals surface area contributed by atoms with Gasteiger partial charge in [-0.25, -0.2) is 0 Å². The van der Waals surface area contributed by atoms with Crippen LogP contribution in [0.5, 0.6) is 17.2 Å². The molecule has 0 radical (unpaired) electrons. The van der Waals surface area contributed by atoms with E-state index in [1.807, 2.05) is 18.2 Å². The van der Waals surface area contributed by atoms with E-state index in [1.54, 1.807) is 18.2 Å². The number of aldehydes is 1. The summed E-state index contributed by atoms with van der Waals surface area (Å²) in [5.41, 5.74) is 1.44. The molecule has 7 heteroatoms. The monoisotopic (exact) mass is 419 g/mol. The smallest absolute Gasteiger partial charge is 0.257 e. The molecule has 136 valence electrons. The fourth-order valence-corrected chi connectivity index (χ4v) is 2.91. The molecule has 0 aliphatic carbocycles. The molecule has 6 nitrogen and oxygen atoms in total. The van der Waals surface area contributed by atoms with Gasteiger partial charge in [0, 0.05) is 11.0 Å². The standard InChI is InChI=1S/C19H18BrNO5/c20-15-2-4-16(14(10-15)11-22)26-12-19(23)21-6-5-13-1-3-17-18(9-13)25-8-7-24-17/h1-4,9-11H,5-8,12H2,(H,21,23). The summed E-state index contributed by atoms with van der Waals surface area (Å²) < 4.78 is 17.2. The highest BCUT2D eigenvalue weighted by molar-refractivity contribution is 9.10. The zero-order valence-corrected chi connectivity index (χ0v) is 15.6. The highest BCUT2D eigenvalue weighted by atomic mass is 79.9. The van der Waals surface area contributed by atoms with Crippen LogP contribution in [0.1, 0.15) is 15.9 Å². The summed E-state index contributed by atoms with van der Waals surface area (Å²) in [4.78, 5) is 23.0. The second-order valence-electron chi connectivity index (χ2n) is 5.67. The second kappa shape index (κ2) is 8.71. The molecule has 2 aromatic rings. The van der Waals surface area contributed by atoms with Crippen LogP contribution in [0.4, 0.5) is 0 Å². The Labute approximate surface area is 159 Å². The van der Waals surface area contributed by atoms with Gasteiger partial charge >= 0.3 is 0 Å². The van der Waals surface area contributed by atoms with Gasteiger partial charge in [-0.05, 0) is 42.3 Å². The molecule has 0 bridgehead atoms. The Hall–Kier alpha value is -2.54. The van der Waals surface area contributed by atoms with E-state index in [4.69, 9.17) is 14.2 Å². The van der Waals surface area contributed by atoms with Crippen LogP contribution in [0.15, 0.2) is 40.9 Å². The predicted molar refractivity (Wildman–Crippen MR) is 99.2 cm³/mol. The number of benzene rings is 2. The topological polar surface area (TPSA) is 73.9 Å². The minimum Gasteiger partial charge on any atom is -0.486 e. The normalized spacial score (nSPS) is 12.3. The summed E-state index contributed by atoms with van der Waals surface area (Å²) >= 11 is 3.29. The Kier molecular flexibility index (Phi) is 6.12. The molecule has 0 saturated heterocycles. The van der Waals surface area contributed by atoms with Gasteiger partial charge in [0.15, 0.2) is 24.4 Å². The lowest BCUT2D eigenvalue weighted by atomic mass is 10.1. The number of hydrogen-bond acceptors (Lipinski definition) is 5. The van der Waals surface area contributed by atoms with Gasteiger partial charge in [-0.1, -0.05) is 22.0 Å². The number of amides is 1. The highest BCUT2D eigenvalue weighted by Gasteiger charge is 2.12. The quantitative estimate of drug-likeness (QED) is 0.698. The van der Waals surface area contributed by atoms with Crippen molar-refractivity contribution in [3.8, 4) is 17.2 Å². The molecule has 2 aromatic carbocycles. The first-order chi connectivity index (χ1) is 12.7. The minimum absolute atomic E-state index is 0.149. The van der Waals surface area contributed by atoms with Crippen molar-refractivity contribution in [3.05, 3.63) is 52.0 Å². The van der Waals surface area contributed by atoms with E-state index in [0.29, 0.717) is 43.8 Å². The van der Waals surface area contributed by atoms with Crippen LogP contribution < -0.4 is 19.5 Å². The Morgan fingerprint density at radius 3 is 2.77 bits per heavy atom. The van der Waals surface area contributed by atoms with E-state index in [0.717, 1.165) is 21.5 Å². The Morgan fingerprint density at radius 1 is 1.15 bits per heavy atom. The summed E-state index contributed by atoms with van der Waals surface area (Å²) in [7, 11) is 0. The third-order valence-corrected chi connectivity index (χ3v) is 4.29. The SMILES string of the molecule is O=Cc1cc(Br)ccc1OCC(=O)NCCc1ccc2c(c1)OCCO2. The van der Waals surface area contributed by atoms with Gasteiger partial charge in [0.05, 0.1) is 5.56 Å². The van der Waals surface area contributed by atoms with Crippen molar-refractivity contribution in [2.45, 2.75) is 6.42 Å². The van der Waals surface area contributed by atoms with E-state index >= 15 is 0 Å². The number of nitrogens with one attached hydrogen (secondary N) is 1. The molecule has 0 saturated carbocycles. The van der Waals surface area contributed by atoms with Gasteiger partial charge in [0.25, 0.3) is 5.91 Å². The molecular weight excluding hydrogens is 402 g/mol. The third-order valence-electron chi connectivity index (χ3n) is 3.80.